The van der Waals surface area contributed by atoms with Crippen LogP contribution in [-0.2, 0) is 14.4 Å². The lowest BCUT2D eigenvalue weighted by Gasteiger charge is -2.34. The Morgan fingerprint density at radius 1 is 1.11 bits per heavy atom. The van der Waals surface area contributed by atoms with Gasteiger partial charge in [0.1, 0.15) is 23.4 Å². The Labute approximate surface area is 167 Å². The summed E-state index contributed by atoms with van der Waals surface area (Å²) in [6.45, 7) is 0.684. The molecule has 7 nitrogen and oxygen atoms in total. The third kappa shape index (κ3) is 5.01. The first-order chi connectivity index (χ1) is 13.6. The number of carbonyl (C=O) groups excluding carboxylic acids is 3. The lowest BCUT2D eigenvalue weighted by Crippen LogP contribution is -2.58. The van der Waals surface area contributed by atoms with Crippen LogP contribution >= 0.6 is 11.6 Å². The van der Waals surface area contributed by atoms with Gasteiger partial charge in [-0.3, -0.25) is 14.4 Å². The molecule has 0 spiro atoms. The highest BCUT2D eigenvalue weighted by Gasteiger charge is 2.34. The van der Waals surface area contributed by atoms with Gasteiger partial charge in [0.15, 0.2) is 0 Å². The summed E-state index contributed by atoms with van der Waals surface area (Å²) in [6, 6.07) is 15.4. The van der Waals surface area contributed by atoms with Crippen molar-refractivity contribution in [2.24, 2.45) is 0 Å². The minimum atomic E-state index is -0.860. The van der Waals surface area contributed by atoms with Crippen molar-refractivity contribution < 1.29 is 19.1 Å². The van der Waals surface area contributed by atoms with E-state index in [4.69, 9.17) is 16.3 Å². The molecule has 0 radical (unpaired) electrons. The van der Waals surface area contributed by atoms with Crippen molar-refractivity contribution in [2.75, 3.05) is 24.3 Å². The van der Waals surface area contributed by atoms with Gasteiger partial charge in [-0.15, -0.1) is 11.6 Å². The minimum absolute atomic E-state index is 0.142. The maximum absolute atomic E-state index is 12.4. The molecule has 1 heterocycles. The second-order valence-corrected chi connectivity index (χ2v) is 6.49. The Hall–Kier alpha value is -3.06. The van der Waals surface area contributed by atoms with E-state index in [2.05, 4.69) is 10.6 Å². The van der Waals surface area contributed by atoms with Gasteiger partial charge in [-0.05, 0) is 36.4 Å². The highest BCUT2D eigenvalue weighted by atomic mass is 35.5. The normalized spacial score (nSPS) is 16.2. The third-order valence-corrected chi connectivity index (χ3v) is 4.49. The number of hydrogen-bond donors (Lipinski definition) is 2. The van der Waals surface area contributed by atoms with E-state index >= 15 is 0 Å². The molecule has 8 heteroatoms. The van der Waals surface area contributed by atoms with Gasteiger partial charge in [0.2, 0.25) is 17.7 Å². The molecule has 0 bridgehead atoms. The molecule has 2 aromatic rings. The van der Waals surface area contributed by atoms with Gasteiger partial charge in [0, 0.05) is 18.8 Å². The van der Waals surface area contributed by atoms with Gasteiger partial charge in [0.25, 0.3) is 0 Å². The maximum atomic E-state index is 12.4. The van der Waals surface area contributed by atoms with Crippen molar-refractivity contribution in [1.82, 2.24) is 10.2 Å². The lowest BCUT2D eigenvalue weighted by atomic mass is 10.1. The molecule has 1 saturated heterocycles. The molecule has 2 N–H and O–H groups in total. The Morgan fingerprint density at radius 3 is 2.46 bits per heavy atom. The SMILES string of the molecule is O=C(C[C@H]1C(=O)NCCN1C(=O)CCl)Nc1ccc(Oc2ccccc2)cc1. The summed E-state index contributed by atoms with van der Waals surface area (Å²) >= 11 is 5.60. The molecule has 0 aromatic heterocycles. The van der Waals surface area contributed by atoms with E-state index in [0.29, 0.717) is 30.3 Å². The predicted octanol–water partition coefficient (Wildman–Crippen LogP) is 2.37. The highest BCUT2D eigenvalue weighted by Crippen LogP contribution is 2.23. The number of nitrogens with zero attached hydrogens (tertiary/aromatic N) is 1. The predicted molar refractivity (Wildman–Crippen MR) is 105 cm³/mol. The molecule has 0 aliphatic carbocycles. The molecule has 2 aromatic carbocycles. The van der Waals surface area contributed by atoms with E-state index < -0.39 is 6.04 Å². The highest BCUT2D eigenvalue weighted by molar-refractivity contribution is 6.27. The van der Waals surface area contributed by atoms with Gasteiger partial charge in [-0.2, -0.15) is 0 Å². The summed E-state index contributed by atoms with van der Waals surface area (Å²) in [6.07, 6.45) is -0.142. The van der Waals surface area contributed by atoms with Crippen LogP contribution in [0.5, 0.6) is 11.5 Å². The number of anilines is 1. The number of ether oxygens (including phenoxy) is 1. The summed E-state index contributed by atoms with van der Waals surface area (Å²) in [5, 5.41) is 5.40. The molecule has 1 fully saturated rings. The van der Waals surface area contributed by atoms with Crippen molar-refractivity contribution >= 4 is 35.0 Å². The number of hydrogen-bond acceptors (Lipinski definition) is 4. The van der Waals surface area contributed by atoms with Crippen molar-refractivity contribution in [3.63, 3.8) is 0 Å². The van der Waals surface area contributed by atoms with Crippen LogP contribution in [-0.4, -0.2) is 47.6 Å². The number of para-hydroxylation sites is 1. The number of halogens is 1. The van der Waals surface area contributed by atoms with E-state index in [1.54, 1.807) is 24.3 Å². The van der Waals surface area contributed by atoms with E-state index in [1.807, 2.05) is 30.3 Å². The van der Waals surface area contributed by atoms with E-state index in [1.165, 1.54) is 4.90 Å². The van der Waals surface area contributed by atoms with E-state index in [0.717, 1.165) is 0 Å². The summed E-state index contributed by atoms with van der Waals surface area (Å²) in [5.74, 6) is 0.0320. The summed E-state index contributed by atoms with van der Waals surface area (Å²) in [7, 11) is 0. The average Bonchev–Trinajstić information content (AvgIpc) is 2.71. The molecule has 3 amide bonds. The molecule has 0 unspecified atom stereocenters. The van der Waals surface area contributed by atoms with Gasteiger partial charge < -0.3 is 20.3 Å². The first-order valence-electron chi connectivity index (χ1n) is 8.83. The number of nitrogens with one attached hydrogen (secondary N) is 2. The summed E-state index contributed by atoms with van der Waals surface area (Å²) < 4.78 is 5.70. The third-order valence-electron chi connectivity index (χ3n) is 4.26. The zero-order chi connectivity index (χ0) is 19.9. The molecular formula is C20H20ClN3O4. The Morgan fingerprint density at radius 2 is 1.79 bits per heavy atom. The standard InChI is InChI=1S/C20H20ClN3O4/c21-13-19(26)24-11-10-22-20(27)17(24)12-18(25)23-14-6-8-16(9-7-14)28-15-4-2-1-3-5-15/h1-9,17H,10-13H2,(H,22,27)(H,23,25)/t17-/m0/s1. The van der Waals surface area contributed by atoms with Gasteiger partial charge >= 0.3 is 0 Å². The molecule has 1 atom stereocenters. The van der Waals surface area contributed by atoms with Crippen LogP contribution in [0.2, 0.25) is 0 Å². The number of rotatable bonds is 6. The quantitative estimate of drug-likeness (QED) is 0.727. The van der Waals surface area contributed by atoms with Crippen LogP contribution < -0.4 is 15.4 Å². The Kier molecular flexibility index (Phi) is 6.49. The van der Waals surface area contributed by atoms with Crippen molar-refractivity contribution in [1.29, 1.82) is 0 Å². The van der Waals surface area contributed by atoms with Gasteiger partial charge in [0.05, 0.1) is 6.42 Å². The summed E-state index contributed by atoms with van der Waals surface area (Å²) in [5.41, 5.74) is 0.567. The number of amides is 3. The number of benzene rings is 2. The molecule has 3 rings (SSSR count). The first kappa shape index (κ1) is 19.7. The molecular weight excluding hydrogens is 382 g/mol. The Bertz CT molecular complexity index is 842. The zero-order valence-corrected chi connectivity index (χ0v) is 15.8. The number of piperazine rings is 1. The molecule has 1 aliphatic rings. The first-order valence-corrected chi connectivity index (χ1v) is 9.36. The summed E-state index contributed by atoms with van der Waals surface area (Å²) in [4.78, 5) is 37.7. The van der Waals surface area contributed by atoms with Crippen molar-refractivity contribution in [3.8, 4) is 11.5 Å². The maximum Gasteiger partial charge on any atom is 0.243 e. The van der Waals surface area contributed by atoms with E-state index in [-0.39, 0.29) is 30.0 Å². The van der Waals surface area contributed by atoms with Crippen LogP contribution in [0.3, 0.4) is 0 Å². The lowest BCUT2D eigenvalue weighted by molar-refractivity contribution is -0.143. The fraction of sp³-hybridized carbons (Fsp3) is 0.250. The monoisotopic (exact) mass is 401 g/mol. The average molecular weight is 402 g/mol. The van der Waals surface area contributed by atoms with Crippen LogP contribution in [0.15, 0.2) is 54.6 Å². The van der Waals surface area contributed by atoms with Crippen LogP contribution in [0.1, 0.15) is 6.42 Å². The van der Waals surface area contributed by atoms with Gasteiger partial charge in [-0.25, -0.2) is 0 Å². The van der Waals surface area contributed by atoms with Gasteiger partial charge in [-0.1, -0.05) is 18.2 Å². The van der Waals surface area contributed by atoms with Crippen LogP contribution in [0.25, 0.3) is 0 Å². The fourth-order valence-corrected chi connectivity index (χ4v) is 3.06. The van der Waals surface area contributed by atoms with Crippen LogP contribution in [0, 0.1) is 0 Å². The topological polar surface area (TPSA) is 87.7 Å². The van der Waals surface area contributed by atoms with Crippen molar-refractivity contribution in [2.45, 2.75) is 12.5 Å². The van der Waals surface area contributed by atoms with Crippen LogP contribution in [0.4, 0.5) is 5.69 Å². The largest absolute Gasteiger partial charge is 0.457 e. The number of alkyl halides is 1. The second kappa shape index (κ2) is 9.23. The fourth-order valence-electron chi connectivity index (χ4n) is 2.91. The smallest absolute Gasteiger partial charge is 0.243 e. The molecule has 1 aliphatic heterocycles. The Balaban J connectivity index is 1.59. The molecule has 28 heavy (non-hydrogen) atoms. The zero-order valence-electron chi connectivity index (χ0n) is 15.1. The number of carbonyl (C=O) groups is 3. The molecule has 0 saturated carbocycles. The van der Waals surface area contributed by atoms with E-state index in [9.17, 15) is 14.4 Å². The second-order valence-electron chi connectivity index (χ2n) is 6.22. The molecule has 146 valence electrons. The minimum Gasteiger partial charge on any atom is -0.457 e. The van der Waals surface area contributed by atoms with Crippen molar-refractivity contribution in [3.05, 3.63) is 54.6 Å².